The Morgan fingerprint density at radius 2 is 1.17 bits per heavy atom. The van der Waals surface area contributed by atoms with Crippen molar-refractivity contribution in [2.24, 2.45) is 23.7 Å². The molecule has 5 fully saturated rings. The first kappa shape index (κ1) is 27.9. The smallest absolute Gasteiger partial charge is 0.399 e. The van der Waals surface area contributed by atoms with Gasteiger partial charge < -0.3 is 9.31 Å². The molecule has 46 heavy (non-hydrogen) atoms. The normalized spacial score (nSPS) is 31.2. The van der Waals surface area contributed by atoms with E-state index in [-0.39, 0.29) is 29.2 Å². The summed E-state index contributed by atoms with van der Waals surface area (Å²) in [6, 6.07) is 30.7. The second-order valence-electron chi connectivity index (χ2n) is 17.2. The standard InChI is InChI=1S/C43H45BO2/c1-40(2)34-14-8-7-11-31(34)32-13-9-12-30(39(32)40)27-17-18-33-36(24-27)43(28-20-25-19-26(22-28)23-29(43)21-25)35-15-10-16-37(38(33)35)44-45-41(3,4)42(5,6)46-44/h7-18,24-26,28-29H,19-23H2,1-6H3. The molecule has 0 amide bonds. The largest absolute Gasteiger partial charge is 0.495 e. The average molecular weight is 605 g/mol. The highest BCUT2D eigenvalue weighted by Crippen LogP contribution is 2.69. The van der Waals surface area contributed by atoms with Crippen LogP contribution in [0.25, 0.3) is 33.4 Å². The zero-order valence-corrected chi connectivity index (χ0v) is 28.2. The van der Waals surface area contributed by atoms with Gasteiger partial charge in [0, 0.05) is 10.8 Å². The summed E-state index contributed by atoms with van der Waals surface area (Å²) in [6.45, 7) is 13.5. The van der Waals surface area contributed by atoms with E-state index in [1.165, 1.54) is 82.1 Å². The molecule has 4 aromatic carbocycles. The third-order valence-electron chi connectivity index (χ3n) is 14.1. The number of hydrogen-bond donors (Lipinski definition) is 0. The van der Waals surface area contributed by atoms with E-state index >= 15 is 0 Å². The van der Waals surface area contributed by atoms with Gasteiger partial charge in [0.05, 0.1) is 11.2 Å². The zero-order valence-electron chi connectivity index (χ0n) is 28.2. The molecule has 1 heterocycles. The SMILES string of the molecule is CC1(C)c2ccccc2-c2cccc(-c3ccc4c(c3)C3(c5cccc(B6OC(C)(C)C(C)(C)O6)c5-4)C4CC5CC(C4)CC3C5)c21. The van der Waals surface area contributed by atoms with Crippen LogP contribution in [0.1, 0.15) is 95.9 Å². The van der Waals surface area contributed by atoms with Gasteiger partial charge in [-0.3, -0.25) is 0 Å². The predicted molar refractivity (Wildman–Crippen MR) is 188 cm³/mol. The lowest BCUT2D eigenvalue weighted by Gasteiger charge is -2.61. The summed E-state index contributed by atoms with van der Waals surface area (Å²) >= 11 is 0. The molecule has 2 nitrogen and oxygen atoms in total. The van der Waals surface area contributed by atoms with E-state index < -0.39 is 0 Å². The van der Waals surface area contributed by atoms with Crippen LogP contribution in [0, 0.1) is 23.7 Å². The molecule has 0 radical (unpaired) electrons. The minimum absolute atomic E-state index is 0.0469. The van der Waals surface area contributed by atoms with Gasteiger partial charge in [-0.1, -0.05) is 86.6 Å². The first-order chi connectivity index (χ1) is 22.0. The van der Waals surface area contributed by atoms with Crippen molar-refractivity contribution in [2.45, 2.75) is 95.7 Å². The molecule has 1 spiro atoms. The van der Waals surface area contributed by atoms with Gasteiger partial charge in [-0.2, -0.15) is 0 Å². The third-order valence-corrected chi connectivity index (χ3v) is 14.1. The Morgan fingerprint density at radius 1 is 0.565 bits per heavy atom. The lowest BCUT2D eigenvalue weighted by atomic mass is 9.43. The van der Waals surface area contributed by atoms with Crippen LogP contribution in [0.5, 0.6) is 0 Å². The molecule has 6 aliphatic carbocycles. The topological polar surface area (TPSA) is 18.5 Å². The van der Waals surface area contributed by atoms with Crippen molar-refractivity contribution in [3.63, 3.8) is 0 Å². The maximum absolute atomic E-state index is 6.76. The van der Waals surface area contributed by atoms with Gasteiger partial charge in [0.1, 0.15) is 0 Å². The Hall–Kier alpha value is -3.14. The molecule has 4 aromatic rings. The summed E-state index contributed by atoms with van der Waals surface area (Å²) in [5.41, 5.74) is 14.9. The fourth-order valence-electron chi connectivity index (χ4n) is 11.7. The summed E-state index contributed by atoms with van der Waals surface area (Å²) in [4.78, 5) is 0. The Bertz CT molecular complexity index is 1920. The molecule has 1 saturated heterocycles. The summed E-state index contributed by atoms with van der Waals surface area (Å²) in [7, 11) is -0.365. The molecule has 0 unspecified atom stereocenters. The number of hydrogen-bond acceptors (Lipinski definition) is 2. The van der Waals surface area contributed by atoms with Gasteiger partial charge in [0.25, 0.3) is 0 Å². The van der Waals surface area contributed by atoms with Gasteiger partial charge in [0.15, 0.2) is 0 Å². The Kier molecular flexibility index (Phi) is 5.38. The van der Waals surface area contributed by atoms with Crippen LogP contribution >= 0.6 is 0 Å². The highest BCUT2D eigenvalue weighted by Gasteiger charge is 2.63. The van der Waals surface area contributed by atoms with Crippen LogP contribution < -0.4 is 5.46 Å². The molecule has 4 bridgehead atoms. The van der Waals surface area contributed by atoms with Gasteiger partial charge in [-0.25, -0.2) is 0 Å². The zero-order chi connectivity index (χ0) is 31.4. The molecule has 0 N–H and O–H groups in total. The second-order valence-corrected chi connectivity index (χ2v) is 17.2. The number of fused-ring (bicyclic) bond motifs is 6. The van der Waals surface area contributed by atoms with E-state index in [4.69, 9.17) is 9.31 Å². The van der Waals surface area contributed by atoms with Gasteiger partial charge in [-0.05, 0) is 151 Å². The molecule has 4 saturated carbocycles. The van der Waals surface area contributed by atoms with Crippen LogP contribution in [0.4, 0.5) is 0 Å². The number of benzene rings is 4. The highest BCUT2D eigenvalue weighted by atomic mass is 16.7. The fourth-order valence-corrected chi connectivity index (χ4v) is 11.7. The Balaban J connectivity index is 1.20. The molecule has 3 heteroatoms. The first-order valence-corrected chi connectivity index (χ1v) is 17.9. The van der Waals surface area contributed by atoms with Crippen LogP contribution in [0.2, 0.25) is 0 Å². The molecular weight excluding hydrogens is 559 g/mol. The minimum Gasteiger partial charge on any atom is -0.399 e. The summed E-state index contributed by atoms with van der Waals surface area (Å²) in [5.74, 6) is 3.23. The third kappa shape index (κ3) is 3.32. The van der Waals surface area contributed by atoms with E-state index in [0.29, 0.717) is 11.8 Å². The highest BCUT2D eigenvalue weighted by molar-refractivity contribution is 6.64. The van der Waals surface area contributed by atoms with Crippen molar-refractivity contribution in [3.8, 4) is 33.4 Å². The van der Waals surface area contributed by atoms with Crippen molar-refractivity contribution in [1.29, 1.82) is 0 Å². The van der Waals surface area contributed by atoms with Crippen LogP contribution in [-0.4, -0.2) is 18.3 Å². The Labute approximate surface area is 275 Å². The van der Waals surface area contributed by atoms with Crippen molar-refractivity contribution < 1.29 is 9.31 Å². The lowest BCUT2D eigenvalue weighted by molar-refractivity contribution is -0.0399. The van der Waals surface area contributed by atoms with E-state index in [1.807, 2.05) is 0 Å². The van der Waals surface area contributed by atoms with Gasteiger partial charge >= 0.3 is 7.12 Å². The Morgan fingerprint density at radius 3 is 1.89 bits per heavy atom. The van der Waals surface area contributed by atoms with E-state index in [0.717, 1.165) is 11.8 Å². The molecule has 232 valence electrons. The maximum Gasteiger partial charge on any atom is 0.495 e. The van der Waals surface area contributed by atoms with Crippen LogP contribution in [0.15, 0.2) is 78.9 Å². The second kappa shape index (κ2) is 8.85. The molecule has 1 aliphatic heterocycles. The average Bonchev–Trinajstić information content (AvgIpc) is 3.54. The monoisotopic (exact) mass is 604 g/mol. The maximum atomic E-state index is 6.76. The van der Waals surface area contributed by atoms with Gasteiger partial charge in [0.2, 0.25) is 0 Å². The van der Waals surface area contributed by atoms with Crippen molar-refractivity contribution in [3.05, 3.63) is 101 Å². The van der Waals surface area contributed by atoms with E-state index in [1.54, 1.807) is 11.1 Å². The molecule has 7 aliphatic rings. The summed E-state index contributed by atoms with van der Waals surface area (Å²) in [6.07, 6.45) is 6.96. The van der Waals surface area contributed by atoms with Gasteiger partial charge in [-0.15, -0.1) is 0 Å². The summed E-state index contributed by atoms with van der Waals surface area (Å²) in [5, 5.41) is 0. The summed E-state index contributed by atoms with van der Waals surface area (Å²) < 4.78 is 13.5. The van der Waals surface area contributed by atoms with Crippen molar-refractivity contribution in [2.75, 3.05) is 0 Å². The first-order valence-electron chi connectivity index (χ1n) is 17.9. The quantitative estimate of drug-likeness (QED) is 0.212. The van der Waals surface area contributed by atoms with E-state index in [9.17, 15) is 0 Å². The molecule has 0 atom stereocenters. The lowest BCUT2D eigenvalue weighted by Crippen LogP contribution is -2.55. The van der Waals surface area contributed by atoms with Crippen LogP contribution in [0.3, 0.4) is 0 Å². The minimum atomic E-state index is -0.371. The fraction of sp³-hybridized carbons (Fsp3) is 0.442. The van der Waals surface area contributed by atoms with Crippen LogP contribution in [-0.2, 0) is 20.1 Å². The molecule has 0 aromatic heterocycles. The number of rotatable bonds is 2. The van der Waals surface area contributed by atoms with E-state index in [2.05, 4.69) is 120 Å². The van der Waals surface area contributed by atoms with Crippen molar-refractivity contribution >= 4 is 12.6 Å². The van der Waals surface area contributed by atoms with Crippen molar-refractivity contribution in [1.82, 2.24) is 0 Å². The molecular formula is C43H45BO2. The molecule has 11 rings (SSSR count). The predicted octanol–water partition coefficient (Wildman–Crippen LogP) is 9.68.